The van der Waals surface area contributed by atoms with Gasteiger partial charge in [0.1, 0.15) is 0 Å². The molecule has 3 N–H and O–H groups in total. The number of nitrogens with zero attached hydrogens (tertiary/aromatic N) is 2. The van der Waals surface area contributed by atoms with Crippen molar-refractivity contribution < 1.29 is 9.53 Å². The second kappa shape index (κ2) is 5.11. The summed E-state index contributed by atoms with van der Waals surface area (Å²) >= 11 is 0. The lowest BCUT2D eigenvalue weighted by molar-refractivity contribution is 0.0126. The number of carbonyl (C=O) groups is 1. The van der Waals surface area contributed by atoms with E-state index in [1.165, 1.54) is 6.20 Å². The lowest BCUT2D eigenvalue weighted by atomic mass is 10.2. The molecule has 2 rings (SSSR count). The van der Waals surface area contributed by atoms with Crippen molar-refractivity contribution in [3.05, 3.63) is 23.5 Å². The first-order chi connectivity index (χ1) is 8.16. The van der Waals surface area contributed by atoms with Gasteiger partial charge in [-0.1, -0.05) is 0 Å². The fraction of sp³-hybridized carbons (Fsp3) is 0.455. The highest BCUT2D eigenvalue weighted by Crippen LogP contribution is 2.11. The maximum atomic E-state index is 11.9. The van der Waals surface area contributed by atoms with Crippen molar-refractivity contribution >= 4 is 11.6 Å². The number of hydrogen-bond donors (Lipinski definition) is 2. The van der Waals surface area contributed by atoms with E-state index >= 15 is 0 Å². The Bertz CT molecular complexity index is 416. The molecule has 1 aliphatic rings. The number of nitrogens with one attached hydrogen (secondary N) is 1. The lowest BCUT2D eigenvalue weighted by Gasteiger charge is -2.27. The fourth-order valence-electron chi connectivity index (χ4n) is 1.65. The lowest BCUT2D eigenvalue weighted by Crippen LogP contribution is -2.48. The third-order valence-corrected chi connectivity index (χ3v) is 2.59. The molecule has 1 aromatic heterocycles. The van der Waals surface area contributed by atoms with Crippen LogP contribution in [0.15, 0.2) is 12.3 Å². The normalized spacial score (nSPS) is 16.8. The number of amides is 1. The van der Waals surface area contributed by atoms with Crippen molar-refractivity contribution in [2.75, 3.05) is 32.0 Å². The van der Waals surface area contributed by atoms with Crippen LogP contribution in [0.4, 0.5) is 5.69 Å². The number of anilines is 1. The van der Waals surface area contributed by atoms with Crippen LogP contribution in [0.5, 0.6) is 0 Å². The van der Waals surface area contributed by atoms with Crippen LogP contribution in [-0.4, -0.2) is 42.2 Å². The minimum Gasteiger partial charge on any atom is -0.398 e. The number of hydrogen-bond acceptors (Lipinski definition) is 5. The van der Waals surface area contributed by atoms with Crippen molar-refractivity contribution in [3.63, 3.8) is 0 Å². The van der Waals surface area contributed by atoms with Crippen LogP contribution in [0.1, 0.15) is 16.1 Å². The highest BCUT2D eigenvalue weighted by Gasteiger charge is 2.16. The molecule has 6 nitrogen and oxygen atoms in total. The molecule has 1 aromatic rings. The molecule has 92 valence electrons. The summed E-state index contributed by atoms with van der Waals surface area (Å²) < 4.78 is 5.20. The van der Waals surface area contributed by atoms with Crippen LogP contribution in [0.3, 0.4) is 0 Å². The van der Waals surface area contributed by atoms with Gasteiger partial charge in [-0.25, -0.2) is 5.01 Å². The van der Waals surface area contributed by atoms with Crippen molar-refractivity contribution in [1.29, 1.82) is 0 Å². The van der Waals surface area contributed by atoms with Gasteiger partial charge in [0.25, 0.3) is 5.91 Å². The van der Waals surface area contributed by atoms with E-state index in [1.54, 1.807) is 6.07 Å². The molecular weight excluding hydrogens is 220 g/mol. The number of rotatable bonds is 2. The van der Waals surface area contributed by atoms with E-state index < -0.39 is 0 Å². The number of hydrazine groups is 1. The summed E-state index contributed by atoms with van der Waals surface area (Å²) in [6.45, 7) is 4.46. The van der Waals surface area contributed by atoms with Gasteiger partial charge in [0.15, 0.2) is 0 Å². The molecule has 0 saturated carbocycles. The average molecular weight is 236 g/mol. The molecule has 0 atom stereocenters. The molecule has 0 aromatic carbocycles. The molecule has 0 unspecified atom stereocenters. The Hall–Kier alpha value is -1.66. The summed E-state index contributed by atoms with van der Waals surface area (Å²) in [6, 6.07) is 1.69. The van der Waals surface area contributed by atoms with E-state index in [9.17, 15) is 4.79 Å². The monoisotopic (exact) mass is 236 g/mol. The molecule has 1 amide bonds. The third-order valence-electron chi connectivity index (χ3n) is 2.59. The first-order valence-corrected chi connectivity index (χ1v) is 5.52. The van der Waals surface area contributed by atoms with E-state index in [4.69, 9.17) is 10.5 Å². The average Bonchev–Trinajstić information content (AvgIpc) is 2.30. The number of nitrogen functional groups attached to an aromatic ring is 1. The Kier molecular flexibility index (Phi) is 3.55. The quantitative estimate of drug-likeness (QED) is 0.752. The van der Waals surface area contributed by atoms with Gasteiger partial charge in [0.05, 0.1) is 18.8 Å². The largest absolute Gasteiger partial charge is 0.398 e. The molecular formula is C11H16N4O2. The summed E-state index contributed by atoms with van der Waals surface area (Å²) in [5.41, 5.74) is 10.2. The number of aromatic nitrogens is 1. The maximum absolute atomic E-state index is 11.9. The van der Waals surface area contributed by atoms with Gasteiger partial charge in [-0.05, 0) is 13.0 Å². The van der Waals surface area contributed by atoms with Crippen molar-refractivity contribution in [2.24, 2.45) is 0 Å². The Balaban J connectivity index is 2.03. The van der Waals surface area contributed by atoms with Crippen LogP contribution < -0.4 is 11.2 Å². The molecule has 0 aliphatic carbocycles. The number of ether oxygens (including phenoxy) is 1. The molecule has 1 saturated heterocycles. The van der Waals surface area contributed by atoms with Crippen LogP contribution >= 0.6 is 0 Å². The summed E-state index contributed by atoms with van der Waals surface area (Å²) in [5, 5.41) is 1.82. The zero-order valence-electron chi connectivity index (χ0n) is 9.77. The fourth-order valence-corrected chi connectivity index (χ4v) is 1.65. The van der Waals surface area contributed by atoms with Crippen molar-refractivity contribution in [3.8, 4) is 0 Å². The summed E-state index contributed by atoms with van der Waals surface area (Å²) in [5.74, 6) is -0.225. The zero-order chi connectivity index (χ0) is 12.3. The number of nitrogens with two attached hydrogens (primary N) is 1. The molecule has 6 heteroatoms. The SMILES string of the molecule is Cc1cc(N)c(C(=O)NN2CCOCC2)cn1. The van der Waals surface area contributed by atoms with Gasteiger partial charge in [-0.2, -0.15) is 0 Å². The van der Waals surface area contributed by atoms with Gasteiger partial charge in [0.2, 0.25) is 0 Å². The van der Waals surface area contributed by atoms with Crippen LogP contribution in [0, 0.1) is 6.92 Å². The number of carbonyl (C=O) groups excluding carboxylic acids is 1. The highest BCUT2D eigenvalue weighted by molar-refractivity contribution is 5.98. The topological polar surface area (TPSA) is 80.5 Å². The van der Waals surface area contributed by atoms with Gasteiger partial charge < -0.3 is 10.5 Å². The Morgan fingerprint density at radius 2 is 2.24 bits per heavy atom. The molecule has 0 bridgehead atoms. The van der Waals surface area contributed by atoms with Gasteiger partial charge in [-0.15, -0.1) is 0 Å². The predicted octanol–water partition coefficient (Wildman–Crippen LogP) is -0.0508. The van der Waals surface area contributed by atoms with Gasteiger partial charge >= 0.3 is 0 Å². The summed E-state index contributed by atoms with van der Waals surface area (Å²) in [4.78, 5) is 16.0. The Morgan fingerprint density at radius 1 is 1.53 bits per heavy atom. The molecule has 2 heterocycles. The molecule has 17 heavy (non-hydrogen) atoms. The Labute approximate surface area is 99.7 Å². The molecule has 1 fully saturated rings. The first kappa shape index (κ1) is 11.8. The number of morpholine rings is 1. The molecule has 0 spiro atoms. The maximum Gasteiger partial charge on any atom is 0.269 e. The number of pyridine rings is 1. The second-order valence-corrected chi connectivity index (χ2v) is 3.95. The molecule has 0 radical (unpaired) electrons. The molecule has 1 aliphatic heterocycles. The smallest absolute Gasteiger partial charge is 0.269 e. The van der Waals surface area contributed by atoms with E-state index in [0.717, 1.165) is 5.69 Å². The van der Waals surface area contributed by atoms with Gasteiger partial charge in [0, 0.05) is 30.7 Å². The summed E-state index contributed by atoms with van der Waals surface area (Å²) in [7, 11) is 0. The van der Waals surface area contributed by atoms with E-state index in [0.29, 0.717) is 37.6 Å². The van der Waals surface area contributed by atoms with Crippen molar-refractivity contribution in [2.45, 2.75) is 6.92 Å². The minimum absolute atomic E-state index is 0.225. The van der Waals surface area contributed by atoms with Crippen LogP contribution in [-0.2, 0) is 4.74 Å². The first-order valence-electron chi connectivity index (χ1n) is 5.52. The summed E-state index contributed by atoms with van der Waals surface area (Å²) in [6.07, 6.45) is 1.50. The minimum atomic E-state index is -0.225. The van der Waals surface area contributed by atoms with E-state index in [2.05, 4.69) is 10.4 Å². The third kappa shape index (κ3) is 2.92. The second-order valence-electron chi connectivity index (χ2n) is 3.95. The van der Waals surface area contributed by atoms with E-state index in [-0.39, 0.29) is 5.91 Å². The van der Waals surface area contributed by atoms with E-state index in [1.807, 2.05) is 11.9 Å². The highest BCUT2D eigenvalue weighted by atomic mass is 16.5. The standard InChI is InChI=1S/C11H16N4O2/c1-8-6-10(12)9(7-13-8)11(16)14-15-2-4-17-5-3-15/h6-7H,2-5H2,1H3,(H2,12,13)(H,14,16). The zero-order valence-corrected chi connectivity index (χ0v) is 9.77. The van der Waals surface area contributed by atoms with Crippen molar-refractivity contribution in [1.82, 2.24) is 15.4 Å². The number of aryl methyl sites for hydroxylation is 1. The predicted molar refractivity (Wildman–Crippen MR) is 63.2 cm³/mol. The Morgan fingerprint density at radius 3 is 2.88 bits per heavy atom. The van der Waals surface area contributed by atoms with Gasteiger partial charge in [-0.3, -0.25) is 15.2 Å². The van der Waals surface area contributed by atoms with Crippen LogP contribution in [0.2, 0.25) is 0 Å². The van der Waals surface area contributed by atoms with Crippen LogP contribution in [0.25, 0.3) is 0 Å².